The molecular formula is C18H26N2O6. The Morgan fingerprint density at radius 1 is 1.23 bits per heavy atom. The third-order valence-corrected chi connectivity index (χ3v) is 3.45. The Balaban J connectivity index is 2.75. The molecule has 0 bridgehead atoms. The standard InChI is InChI=1S/C18H26N2O6/c1-6-7-15(12(2)19-17(22)26-18(3,4)5)25-16(21)13-8-10-14(11-9-13)20(23)24/h8-12,15H,6-7H2,1-5H3,(H,19,22). The molecule has 0 radical (unpaired) electrons. The largest absolute Gasteiger partial charge is 0.457 e. The summed E-state index contributed by atoms with van der Waals surface area (Å²) in [6, 6.07) is 4.72. The van der Waals surface area contributed by atoms with E-state index in [1.807, 2.05) is 6.92 Å². The second-order valence-electron chi connectivity index (χ2n) is 6.97. The first-order valence-electron chi connectivity index (χ1n) is 8.48. The lowest BCUT2D eigenvalue weighted by Crippen LogP contribution is -2.45. The van der Waals surface area contributed by atoms with Gasteiger partial charge in [-0.25, -0.2) is 9.59 Å². The summed E-state index contributed by atoms with van der Waals surface area (Å²) < 4.78 is 10.7. The fraction of sp³-hybridized carbons (Fsp3) is 0.556. The summed E-state index contributed by atoms with van der Waals surface area (Å²) in [4.78, 5) is 34.3. The van der Waals surface area contributed by atoms with Gasteiger partial charge in [0.1, 0.15) is 11.7 Å². The molecule has 0 aliphatic carbocycles. The van der Waals surface area contributed by atoms with Crippen LogP contribution in [0.2, 0.25) is 0 Å². The van der Waals surface area contributed by atoms with Gasteiger partial charge < -0.3 is 14.8 Å². The summed E-state index contributed by atoms with van der Waals surface area (Å²) in [7, 11) is 0. The van der Waals surface area contributed by atoms with E-state index in [0.29, 0.717) is 6.42 Å². The van der Waals surface area contributed by atoms with Crippen LogP contribution in [0.3, 0.4) is 0 Å². The van der Waals surface area contributed by atoms with Crippen molar-refractivity contribution in [2.75, 3.05) is 0 Å². The number of carbonyl (C=O) groups excluding carboxylic acids is 2. The number of carbonyl (C=O) groups is 2. The Morgan fingerprint density at radius 3 is 2.27 bits per heavy atom. The zero-order valence-electron chi connectivity index (χ0n) is 15.8. The zero-order valence-corrected chi connectivity index (χ0v) is 15.8. The van der Waals surface area contributed by atoms with Crippen LogP contribution in [0.5, 0.6) is 0 Å². The predicted octanol–water partition coefficient (Wildman–Crippen LogP) is 3.83. The maximum atomic E-state index is 12.3. The van der Waals surface area contributed by atoms with E-state index in [1.54, 1.807) is 27.7 Å². The van der Waals surface area contributed by atoms with Gasteiger partial charge in [0, 0.05) is 12.1 Å². The number of amides is 1. The van der Waals surface area contributed by atoms with Crippen molar-refractivity contribution in [3.05, 3.63) is 39.9 Å². The lowest BCUT2D eigenvalue weighted by atomic mass is 10.1. The van der Waals surface area contributed by atoms with E-state index >= 15 is 0 Å². The number of hydrogen-bond donors (Lipinski definition) is 1. The summed E-state index contributed by atoms with van der Waals surface area (Å²) in [5.41, 5.74) is -0.521. The fourth-order valence-electron chi connectivity index (χ4n) is 2.21. The molecule has 0 saturated heterocycles. The number of esters is 1. The monoisotopic (exact) mass is 366 g/mol. The molecule has 1 aromatic rings. The Kier molecular flexibility index (Phi) is 7.55. The molecule has 0 spiro atoms. The number of hydrogen-bond acceptors (Lipinski definition) is 6. The average Bonchev–Trinajstić information content (AvgIpc) is 2.52. The topological polar surface area (TPSA) is 108 Å². The SMILES string of the molecule is CCCC(OC(=O)c1ccc([N+](=O)[O-])cc1)C(C)NC(=O)OC(C)(C)C. The van der Waals surface area contributed by atoms with Gasteiger partial charge in [-0.2, -0.15) is 0 Å². The zero-order chi connectivity index (χ0) is 19.9. The van der Waals surface area contributed by atoms with Gasteiger partial charge in [0.05, 0.1) is 16.5 Å². The average molecular weight is 366 g/mol. The molecule has 0 aromatic heterocycles. The molecule has 8 heteroatoms. The fourth-order valence-corrected chi connectivity index (χ4v) is 2.21. The minimum absolute atomic E-state index is 0.105. The van der Waals surface area contributed by atoms with Gasteiger partial charge in [-0.15, -0.1) is 0 Å². The van der Waals surface area contributed by atoms with Crippen molar-refractivity contribution >= 4 is 17.7 Å². The van der Waals surface area contributed by atoms with Crippen LogP contribution < -0.4 is 5.32 Å². The molecule has 26 heavy (non-hydrogen) atoms. The number of nitro groups is 1. The van der Waals surface area contributed by atoms with Crippen LogP contribution in [0, 0.1) is 10.1 Å². The molecule has 1 N–H and O–H groups in total. The highest BCUT2D eigenvalue weighted by Gasteiger charge is 2.25. The van der Waals surface area contributed by atoms with Gasteiger partial charge >= 0.3 is 12.1 Å². The van der Waals surface area contributed by atoms with Gasteiger partial charge in [0.25, 0.3) is 5.69 Å². The lowest BCUT2D eigenvalue weighted by Gasteiger charge is -2.26. The number of nitrogens with one attached hydrogen (secondary N) is 1. The number of rotatable bonds is 7. The van der Waals surface area contributed by atoms with Crippen LogP contribution in [0.4, 0.5) is 10.5 Å². The normalized spacial score (nSPS) is 13.4. The van der Waals surface area contributed by atoms with Gasteiger partial charge in [-0.3, -0.25) is 10.1 Å². The Morgan fingerprint density at radius 2 is 1.81 bits per heavy atom. The van der Waals surface area contributed by atoms with Crippen molar-refractivity contribution in [1.82, 2.24) is 5.32 Å². The smallest absolute Gasteiger partial charge is 0.407 e. The molecule has 8 nitrogen and oxygen atoms in total. The molecule has 0 aliphatic rings. The molecule has 0 saturated carbocycles. The van der Waals surface area contributed by atoms with E-state index < -0.39 is 34.7 Å². The quantitative estimate of drug-likeness (QED) is 0.446. The molecule has 1 aromatic carbocycles. The second-order valence-corrected chi connectivity index (χ2v) is 6.97. The Hall–Kier alpha value is -2.64. The number of non-ortho nitro benzene ring substituents is 1. The molecule has 0 aliphatic heterocycles. The first kappa shape index (κ1) is 21.4. The highest BCUT2D eigenvalue weighted by atomic mass is 16.6. The van der Waals surface area contributed by atoms with Gasteiger partial charge in [0.2, 0.25) is 0 Å². The van der Waals surface area contributed by atoms with E-state index in [0.717, 1.165) is 6.42 Å². The first-order valence-corrected chi connectivity index (χ1v) is 8.48. The van der Waals surface area contributed by atoms with Crippen molar-refractivity contribution in [3.63, 3.8) is 0 Å². The van der Waals surface area contributed by atoms with Crippen LogP contribution in [0.15, 0.2) is 24.3 Å². The van der Waals surface area contributed by atoms with Crippen molar-refractivity contribution < 1.29 is 24.0 Å². The highest BCUT2D eigenvalue weighted by Crippen LogP contribution is 2.16. The summed E-state index contributed by atoms with van der Waals surface area (Å²) in [5.74, 6) is -0.601. The molecule has 2 unspecified atom stereocenters. The summed E-state index contributed by atoms with van der Waals surface area (Å²) >= 11 is 0. The third kappa shape index (κ3) is 7.08. The Bertz CT molecular complexity index is 636. The maximum Gasteiger partial charge on any atom is 0.407 e. The van der Waals surface area contributed by atoms with Crippen LogP contribution in [-0.2, 0) is 9.47 Å². The molecular weight excluding hydrogens is 340 g/mol. The van der Waals surface area contributed by atoms with E-state index in [1.165, 1.54) is 24.3 Å². The highest BCUT2D eigenvalue weighted by molar-refractivity contribution is 5.89. The van der Waals surface area contributed by atoms with Crippen molar-refractivity contribution in [2.45, 2.75) is 65.2 Å². The third-order valence-electron chi connectivity index (χ3n) is 3.45. The van der Waals surface area contributed by atoms with Crippen LogP contribution in [-0.4, -0.2) is 34.7 Å². The van der Waals surface area contributed by atoms with Crippen LogP contribution in [0.1, 0.15) is 57.8 Å². The lowest BCUT2D eigenvalue weighted by molar-refractivity contribution is -0.384. The minimum Gasteiger partial charge on any atom is -0.457 e. The van der Waals surface area contributed by atoms with E-state index in [-0.39, 0.29) is 11.3 Å². The summed E-state index contributed by atoms with van der Waals surface area (Å²) in [6.45, 7) is 8.94. The maximum absolute atomic E-state index is 12.3. The van der Waals surface area contributed by atoms with E-state index in [4.69, 9.17) is 9.47 Å². The molecule has 0 fully saturated rings. The van der Waals surface area contributed by atoms with E-state index in [2.05, 4.69) is 5.32 Å². The molecule has 1 rings (SSSR count). The first-order chi connectivity index (χ1) is 12.0. The van der Waals surface area contributed by atoms with Crippen LogP contribution in [0.25, 0.3) is 0 Å². The second kappa shape index (κ2) is 9.17. The number of ether oxygens (including phenoxy) is 2. The molecule has 0 heterocycles. The number of alkyl carbamates (subject to hydrolysis) is 1. The van der Waals surface area contributed by atoms with E-state index in [9.17, 15) is 19.7 Å². The van der Waals surface area contributed by atoms with Gasteiger partial charge in [-0.05, 0) is 46.2 Å². The predicted molar refractivity (Wildman–Crippen MR) is 96.0 cm³/mol. The van der Waals surface area contributed by atoms with Crippen molar-refractivity contribution in [2.24, 2.45) is 0 Å². The molecule has 1 amide bonds. The number of nitrogens with zero attached hydrogens (tertiary/aromatic N) is 1. The van der Waals surface area contributed by atoms with Crippen molar-refractivity contribution in [1.29, 1.82) is 0 Å². The number of benzene rings is 1. The van der Waals surface area contributed by atoms with Gasteiger partial charge in [0.15, 0.2) is 0 Å². The summed E-state index contributed by atoms with van der Waals surface area (Å²) in [6.07, 6.45) is 0.168. The minimum atomic E-state index is -0.626. The molecule has 2 atom stereocenters. The molecule has 144 valence electrons. The Labute approximate surface area is 153 Å². The summed E-state index contributed by atoms with van der Waals surface area (Å²) in [5, 5.41) is 13.3. The van der Waals surface area contributed by atoms with Gasteiger partial charge in [-0.1, -0.05) is 13.3 Å². The van der Waals surface area contributed by atoms with Crippen molar-refractivity contribution in [3.8, 4) is 0 Å². The number of nitro benzene ring substituents is 1. The van der Waals surface area contributed by atoms with Crippen LogP contribution >= 0.6 is 0 Å².